The Labute approximate surface area is 130 Å². The summed E-state index contributed by atoms with van der Waals surface area (Å²) < 4.78 is 5.11. The van der Waals surface area contributed by atoms with Crippen molar-refractivity contribution in [3.8, 4) is 0 Å². The maximum atomic E-state index is 11.9. The highest BCUT2D eigenvalue weighted by Gasteiger charge is 2.29. The minimum absolute atomic E-state index is 0.0795. The topological polar surface area (TPSA) is 42.4 Å². The second-order valence-electron chi connectivity index (χ2n) is 5.52. The number of aromatic nitrogens is 1. The number of nitrogens with zero attached hydrogens (tertiary/aromatic N) is 2. The molecule has 3 rings (SSSR count). The van der Waals surface area contributed by atoms with Crippen molar-refractivity contribution in [2.75, 3.05) is 18.1 Å². The Hall–Kier alpha value is -2.36. The zero-order valence-electron chi connectivity index (χ0n) is 12.8. The molecule has 1 saturated heterocycles. The van der Waals surface area contributed by atoms with Gasteiger partial charge in [-0.05, 0) is 31.5 Å². The van der Waals surface area contributed by atoms with Gasteiger partial charge in [-0.1, -0.05) is 24.8 Å². The highest BCUT2D eigenvalue weighted by molar-refractivity contribution is 5.80. The molecule has 1 fully saturated rings. The van der Waals surface area contributed by atoms with Crippen molar-refractivity contribution in [1.82, 2.24) is 4.98 Å². The summed E-state index contributed by atoms with van der Waals surface area (Å²) in [5, 5.41) is 1.12. The van der Waals surface area contributed by atoms with Crippen molar-refractivity contribution in [3.63, 3.8) is 0 Å². The summed E-state index contributed by atoms with van der Waals surface area (Å²) in [6.07, 6.45) is 1.40. The SMILES string of the molecule is C=C1CC(C(=O)OCC)CCN1c1ccc2ccccc2n1. The van der Waals surface area contributed by atoms with Crippen molar-refractivity contribution in [2.24, 2.45) is 5.92 Å². The van der Waals surface area contributed by atoms with E-state index in [4.69, 9.17) is 9.72 Å². The monoisotopic (exact) mass is 296 g/mol. The molecule has 1 atom stereocenters. The maximum absolute atomic E-state index is 11.9. The molecule has 1 aromatic heterocycles. The van der Waals surface area contributed by atoms with Crippen LogP contribution in [-0.2, 0) is 9.53 Å². The predicted octanol–water partition coefficient (Wildman–Crippen LogP) is 3.53. The summed E-state index contributed by atoms with van der Waals surface area (Å²) in [6.45, 7) is 7.13. The van der Waals surface area contributed by atoms with Crippen LogP contribution in [0.3, 0.4) is 0 Å². The van der Waals surface area contributed by atoms with E-state index in [-0.39, 0.29) is 11.9 Å². The molecule has 0 aliphatic carbocycles. The van der Waals surface area contributed by atoms with Crippen LogP contribution < -0.4 is 4.90 Å². The lowest BCUT2D eigenvalue weighted by Gasteiger charge is -2.33. The van der Waals surface area contributed by atoms with Gasteiger partial charge in [-0.3, -0.25) is 4.79 Å². The Bertz CT molecular complexity index is 711. The third kappa shape index (κ3) is 2.82. The second kappa shape index (κ2) is 6.18. The van der Waals surface area contributed by atoms with Crippen molar-refractivity contribution in [2.45, 2.75) is 19.8 Å². The first kappa shape index (κ1) is 14.6. The summed E-state index contributed by atoms with van der Waals surface area (Å²) in [5.41, 5.74) is 1.90. The Kier molecular flexibility index (Phi) is 4.09. The number of benzene rings is 1. The molecule has 1 aliphatic rings. The van der Waals surface area contributed by atoms with Crippen LogP contribution >= 0.6 is 0 Å². The molecule has 0 amide bonds. The van der Waals surface area contributed by atoms with Crippen LogP contribution in [0.15, 0.2) is 48.7 Å². The molecule has 22 heavy (non-hydrogen) atoms. The molecular formula is C18H20N2O2. The number of pyridine rings is 1. The van der Waals surface area contributed by atoms with E-state index in [9.17, 15) is 4.79 Å². The predicted molar refractivity (Wildman–Crippen MR) is 87.6 cm³/mol. The number of carbonyl (C=O) groups is 1. The lowest BCUT2D eigenvalue weighted by molar-refractivity contribution is -0.148. The molecule has 0 bridgehead atoms. The molecule has 1 unspecified atom stereocenters. The van der Waals surface area contributed by atoms with Gasteiger partial charge in [0.1, 0.15) is 5.82 Å². The van der Waals surface area contributed by atoms with Crippen molar-refractivity contribution >= 4 is 22.7 Å². The van der Waals surface area contributed by atoms with E-state index in [1.807, 2.05) is 37.3 Å². The Morgan fingerprint density at radius 1 is 1.36 bits per heavy atom. The number of esters is 1. The van der Waals surface area contributed by atoms with Crippen LogP contribution in [0.5, 0.6) is 0 Å². The van der Waals surface area contributed by atoms with Gasteiger partial charge in [0.25, 0.3) is 0 Å². The molecule has 1 aromatic carbocycles. The number of para-hydroxylation sites is 1. The van der Waals surface area contributed by atoms with Crippen LogP contribution in [0.4, 0.5) is 5.82 Å². The van der Waals surface area contributed by atoms with Gasteiger partial charge in [0.2, 0.25) is 0 Å². The number of anilines is 1. The number of carbonyl (C=O) groups excluding carboxylic acids is 1. The van der Waals surface area contributed by atoms with E-state index in [0.717, 1.165) is 35.4 Å². The molecular weight excluding hydrogens is 276 g/mol. The first-order chi connectivity index (χ1) is 10.7. The maximum Gasteiger partial charge on any atom is 0.309 e. The summed E-state index contributed by atoms with van der Waals surface area (Å²) in [6, 6.07) is 12.1. The molecule has 4 nitrogen and oxygen atoms in total. The molecule has 2 heterocycles. The number of fused-ring (bicyclic) bond motifs is 1. The van der Waals surface area contributed by atoms with E-state index in [2.05, 4.69) is 17.5 Å². The fourth-order valence-electron chi connectivity index (χ4n) is 2.88. The van der Waals surface area contributed by atoms with Gasteiger partial charge in [-0.15, -0.1) is 0 Å². The summed E-state index contributed by atoms with van der Waals surface area (Å²) in [7, 11) is 0. The van der Waals surface area contributed by atoms with E-state index in [1.165, 1.54) is 0 Å². The van der Waals surface area contributed by atoms with Crippen LogP contribution in [0.25, 0.3) is 10.9 Å². The van der Waals surface area contributed by atoms with E-state index in [0.29, 0.717) is 13.0 Å². The highest BCUT2D eigenvalue weighted by Crippen LogP contribution is 2.30. The molecule has 2 aromatic rings. The van der Waals surface area contributed by atoms with Gasteiger partial charge in [-0.25, -0.2) is 4.98 Å². The van der Waals surface area contributed by atoms with Crippen molar-refractivity contribution < 1.29 is 9.53 Å². The number of rotatable bonds is 3. The number of hydrogen-bond donors (Lipinski definition) is 0. The van der Waals surface area contributed by atoms with Crippen LogP contribution in [-0.4, -0.2) is 24.1 Å². The smallest absolute Gasteiger partial charge is 0.309 e. The fraction of sp³-hybridized carbons (Fsp3) is 0.333. The zero-order valence-corrected chi connectivity index (χ0v) is 12.8. The van der Waals surface area contributed by atoms with Gasteiger partial charge in [-0.2, -0.15) is 0 Å². The first-order valence-corrected chi connectivity index (χ1v) is 7.66. The summed E-state index contributed by atoms with van der Waals surface area (Å²) in [5.74, 6) is 0.699. The number of hydrogen-bond acceptors (Lipinski definition) is 4. The lowest BCUT2D eigenvalue weighted by Crippen LogP contribution is -2.35. The van der Waals surface area contributed by atoms with Gasteiger partial charge in [0, 0.05) is 24.0 Å². The minimum Gasteiger partial charge on any atom is -0.466 e. The van der Waals surface area contributed by atoms with Crippen molar-refractivity contribution in [1.29, 1.82) is 0 Å². The molecule has 4 heteroatoms. The summed E-state index contributed by atoms with van der Waals surface area (Å²) >= 11 is 0. The molecule has 0 radical (unpaired) electrons. The van der Waals surface area contributed by atoms with Crippen LogP contribution in [0, 0.1) is 5.92 Å². The third-order valence-corrected chi connectivity index (χ3v) is 4.05. The lowest BCUT2D eigenvalue weighted by atomic mass is 9.94. The average molecular weight is 296 g/mol. The van der Waals surface area contributed by atoms with E-state index < -0.39 is 0 Å². The largest absolute Gasteiger partial charge is 0.466 e. The molecule has 0 saturated carbocycles. The molecule has 0 N–H and O–H groups in total. The zero-order chi connectivity index (χ0) is 15.5. The van der Waals surface area contributed by atoms with Gasteiger partial charge >= 0.3 is 5.97 Å². The van der Waals surface area contributed by atoms with Crippen molar-refractivity contribution in [3.05, 3.63) is 48.7 Å². The quantitative estimate of drug-likeness (QED) is 0.813. The summed E-state index contributed by atoms with van der Waals surface area (Å²) in [4.78, 5) is 18.7. The van der Waals surface area contributed by atoms with Gasteiger partial charge in [0.15, 0.2) is 0 Å². The fourth-order valence-corrected chi connectivity index (χ4v) is 2.88. The Morgan fingerprint density at radius 3 is 2.95 bits per heavy atom. The van der Waals surface area contributed by atoms with Gasteiger partial charge in [0.05, 0.1) is 18.0 Å². The van der Waals surface area contributed by atoms with E-state index in [1.54, 1.807) is 0 Å². The second-order valence-corrected chi connectivity index (χ2v) is 5.52. The number of piperidine rings is 1. The molecule has 0 spiro atoms. The van der Waals surface area contributed by atoms with Gasteiger partial charge < -0.3 is 9.64 Å². The van der Waals surface area contributed by atoms with Crippen LogP contribution in [0.2, 0.25) is 0 Å². The molecule has 1 aliphatic heterocycles. The Morgan fingerprint density at radius 2 is 2.18 bits per heavy atom. The molecule has 114 valence electrons. The average Bonchev–Trinajstić information content (AvgIpc) is 2.54. The first-order valence-electron chi connectivity index (χ1n) is 7.66. The number of allylic oxidation sites excluding steroid dienone is 1. The highest BCUT2D eigenvalue weighted by atomic mass is 16.5. The third-order valence-electron chi connectivity index (χ3n) is 4.05. The Balaban J connectivity index is 1.78. The minimum atomic E-state index is -0.116. The number of ether oxygens (including phenoxy) is 1. The normalized spacial score (nSPS) is 18.5. The van der Waals surface area contributed by atoms with E-state index >= 15 is 0 Å². The standard InChI is InChI=1S/C18H20N2O2/c1-3-22-18(21)15-10-11-20(13(2)12-15)17-9-8-14-6-4-5-7-16(14)19-17/h4-9,15H,2-3,10-12H2,1H3. The van der Waals surface area contributed by atoms with Crippen LogP contribution in [0.1, 0.15) is 19.8 Å².